The van der Waals surface area contributed by atoms with E-state index >= 15 is 0 Å². The Morgan fingerprint density at radius 3 is 2.71 bits per heavy atom. The zero-order valence-corrected chi connectivity index (χ0v) is 19.8. The molecule has 0 aliphatic carbocycles. The number of urea groups is 1. The quantitative estimate of drug-likeness (QED) is 0.576. The molecule has 0 bridgehead atoms. The van der Waals surface area contributed by atoms with Gasteiger partial charge in [-0.1, -0.05) is 18.0 Å². The maximum atomic E-state index is 14.9. The molecule has 2 aliphatic rings. The van der Waals surface area contributed by atoms with Gasteiger partial charge in [0.25, 0.3) is 0 Å². The van der Waals surface area contributed by atoms with Crippen molar-refractivity contribution in [3.63, 3.8) is 0 Å². The van der Waals surface area contributed by atoms with Crippen molar-refractivity contribution in [2.24, 2.45) is 5.92 Å². The van der Waals surface area contributed by atoms with Crippen LogP contribution in [0.25, 0.3) is 0 Å². The van der Waals surface area contributed by atoms with Gasteiger partial charge in [0.05, 0.1) is 10.7 Å². The zero-order valence-electron chi connectivity index (χ0n) is 19.0. The number of aliphatic hydroxyl groups excluding tert-OH is 1. The zero-order chi connectivity index (χ0) is 24.9. The van der Waals surface area contributed by atoms with Gasteiger partial charge in [0, 0.05) is 43.9 Å². The molecule has 35 heavy (non-hydrogen) atoms. The first-order chi connectivity index (χ1) is 16.9. The van der Waals surface area contributed by atoms with E-state index in [4.69, 9.17) is 11.6 Å². The molecule has 186 valence electrons. The molecule has 11 heteroatoms. The SMILES string of the molecule is O=C(Nc1ccc(N2CCCCCC2=O)cc1F)[C@H]1C[C@@H](CO)CN1C(=O)Nc1ccc(Cl)cn1. The topological polar surface area (TPSA) is 115 Å². The highest BCUT2D eigenvalue weighted by Crippen LogP contribution is 2.28. The van der Waals surface area contributed by atoms with Crippen LogP contribution in [0.15, 0.2) is 36.5 Å². The van der Waals surface area contributed by atoms with E-state index in [1.54, 1.807) is 17.0 Å². The molecule has 4 amide bonds. The largest absolute Gasteiger partial charge is 0.396 e. The van der Waals surface area contributed by atoms with Gasteiger partial charge in [-0.25, -0.2) is 14.2 Å². The summed E-state index contributed by atoms with van der Waals surface area (Å²) in [5.74, 6) is -1.33. The van der Waals surface area contributed by atoms with Crippen molar-refractivity contribution in [2.75, 3.05) is 35.2 Å². The smallest absolute Gasteiger partial charge is 0.323 e. The van der Waals surface area contributed by atoms with Crippen molar-refractivity contribution < 1.29 is 23.9 Å². The van der Waals surface area contributed by atoms with E-state index < -0.39 is 23.8 Å². The third-order valence-corrected chi connectivity index (χ3v) is 6.49. The predicted molar refractivity (Wildman–Crippen MR) is 130 cm³/mol. The molecule has 1 aromatic heterocycles. The van der Waals surface area contributed by atoms with Gasteiger partial charge in [-0.05, 0) is 49.6 Å². The van der Waals surface area contributed by atoms with Gasteiger partial charge in [-0.15, -0.1) is 0 Å². The molecule has 2 aliphatic heterocycles. The number of carbonyl (C=O) groups is 3. The van der Waals surface area contributed by atoms with E-state index in [0.717, 1.165) is 19.3 Å². The van der Waals surface area contributed by atoms with Crippen molar-refractivity contribution in [1.82, 2.24) is 9.88 Å². The number of amides is 4. The second-order valence-electron chi connectivity index (χ2n) is 8.75. The third-order valence-electron chi connectivity index (χ3n) is 6.27. The van der Waals surface area contributed by atoms with Crippen molar-refractivity contribution in [3.8, 4) is 0 Å². The van der Waals surface area contributed by atoms with E-state index in [2.05, 4.69) is 15.6 Å². The summed E-state index contributed by atoms with van der Waals surface area (Å²) in [5.41, 5.74) is 0.401. The summed E-state index contributed by atoms with van der Waals surface area (Å²) in [4.78, 5) is 45.1. The van der Waals surface area contributed by atoms with Gasteiger partial charge in [0.15, 0.2) is 0 Å². The summed E-state index contributed by atoms with van der Waals surface area (Å²) >= 11 is 5.82. The number of anilines is 3. The van der Waals surface area contributed by atoms with E-state index in [-0.39, 0.29) is 42.9 Å². The van der Waals surface area contributed by atoms with Crippen LogP contribution in [0, 0.1) is 11.7 Å². The molecule has 0 saturated carbocycles. The van der Waals surface area contributed by atoms with E-state index in [9.17, 15) is 23.9 Å². The van der Waals surface area contributed by atoms with Gasteiger partial charge < -0.3 is 20.2 Å². The molecular weight excluding hydrogens is 477 g/mol. The minimum atomic E-state index is -0.911. The van der Waals surface area contributed by atoms with Crippen molar-refractivity contribution in [3.05, 3.63) is 47.4 Å². The molecule has 4 rings (SSSR count). The molecule has 2 aromatic rings. The molecule has 2 atom stereocenters. The van der Waals surface area contributed by atoms with Crippen LogP contribution in [0.3, 0.4) is 0 Å². The fourth-order valence-corrected chi connectivity index (χ4v) is 4.52. The van der Waals surface area contributed by atoms with E-state index in [1.165, 1.54) is 29.3 Å². The summed E-state index contributed by atoms with van der Waals surface area (Å²) in [6.07, 6.45) is 4.66. The van der Waals surface area contributed by atoms with Crippen molar-refractivity contribution in [1.29, 1.82) is 0 Å². The number of carbonyl (C=O) groups excluding carboxylic acids is 3. The van der Waals surface area contributed by atoms with Crippen molar-refractivity contribution in [2.45, 2.75) is 38.1 Å². The summed E-state index contributed by atoms with van der Waals surface area (Å²) in [6, 6.07) is 5.88. The Kier molecular flexibility index (Phi) is 7.82. The van der Waals surface area contributed by atoms with Crippen LogP contribution in [0.5, 0.6) is 0 Å². The maximum absolute atomic E-state index is 14.9. The molecule has 0 radical (unpaired) electrons. The average molecular weight is 504 g/mol. The number of rotatable bonds is 5. The maximum Gasteiger partial charge on any atom is 0.323 e. The molecular formula is C24H27ClFN5O4. The van der Waals surface area contributed by atoms with Crippen LogP contribution < -0.4 is 15.5 Å². The van der Waals surface area contributed by atoms with E-state index in [0.29, 0.717) is 23.7 Å². The number of nitrogens with one attached hydrogen (secondary N) is 2. The van der Waals surface area contributed by atoms with Crippen LogP contribution >= 0.6 is 11.6 Å². The third kappa shape index (κ3) is 5.88. The number of likely N-dealkylation sites (tertiary alicyclic amines) is 1. The van der Waals surface area contributed by atoms with Crippen LogP contribution in [0.4, 0.5) is 26.4 Å². The number of hydrogen-bond acceptors (Lipinski definition) is 5. The fraction of sp³-hybridized carbons (Fsp3) is 0.417. The Balaban J connectivity index is 1.46. The second-order valence-corrected chi connectivity index (χ2v) is 9.19. The molecule has 0 unspecified atom stereocenters. The second kappa shape index (κ2) is 11.0. The summed E-state index contributed by atoms with van der Waals surface area (Å²) in [7, 11) is 0. The lowest BCUT2D eigenvalue weighted by Crippen LogP contribution is -2.45. The van der Waals surface area contributed by atoms with Gasteiger partial charge in [-0.3, -0.25) is 14.9 Å². The van der Waals surface area contributed by atoms with Gasteiger partial charge in [-0.2, -0.15) is 0 Å². The Labute approximate surface area is 207 Å². The highest BCUT2D eigenvalue weighted by atomic mass is 35.5. The predicted octanol–water partition coefficient (Wildman–Crippen LogP) is 3.63. The van der Waals surface area contributed by atoms with Crippen LogP contribution in [0.1, 0.15) is 32.1 Å². The minimum Gasteiger partial charge on any atom is -0.396 e. The lowest BCUT2D eigenvalue weighted by Gasteiger charge is -2.24. The first kappa shape index (κ1) is 24.9. The number of aromatic nitrogens is 1. The van der Waals surface area contributed by atoms with Crippen LogP contribution in [-0.2, 0) is 9.59 Å². The van der Waals surface area contributed by atoms with Crippen LogP contribution in [-0.4, -0.2) is 58.6 Å². The molecule has 3 heterocycles. The molecule has 9 nitrogen and oxygen atoms in total. The van der Waals surface area contributed by atoms with Gasteiger partial charge in [0.1, 0.15) is 17.7 Å². The Hall–Kier alpha value is -3.24. The lowest BCUT2D eigenvalue weighted by molar-refractivity contribution is -0.120. The highest BCUT2D eigenvalue weighted by Gasteiger charge is 2.39. The fourth-order valence-electron chi connectivity index (χ4n) is 4.40. The first-order valence-corrected chi connectivity index (χ1v) is 11.9. The summed E-state index contributed by atoms with van der Waals surface area (Å²) in [6.45, 7) is 0.493. The number of nitrogens with zero attached hydrogens (tertiary/aromatic N) is 3. The molecule has 2 fully saturated rings. The van der Waals surface area contributed by atoms with Gasteiger partial charge >= 0.3 is 6.03 Å². The van der Waals surface area contributed by atoms with E-state index in [1.807, 2.05) is 0 Å². The monoisotopic (exact) mass is 503 g/mol. The van der Waals surface area contributed by atoms with Gasteiger partial charge in [0.2, 0.25) is 11.8 Å². The minimum absolute atomic E-state index is 0.0449. The lowest BCUT2D eigenvalue weighted by atomic mass is 10.1. The van der Waals surface area contributed by atoms with Crippen LogP contribution in [0.2, 0.25) is 5.02 Å². The Morgan fingerprint density at radius 1 is 1.17 bits per heavy atom. The molecule has 2 saturated heterocycles. The number of benzene rings is 1. The number of pyridine rings is 1. The average Bonchev–Trinajstić information content (AvgIpc) is 3.18. The normalized spacial score (nSPS) is 20.5. The van der Waals surface area contributed by atoms with Crippen molar-refractivity contribution >= 4 is 46.6 Å². The Bertz CT molecular complexity index is 1100. The summed E-state index contributed by atoms with van der Waals surface area (Å²) < 4.78 is 14.9. The number of aliphatic hydroxyl groups is 1. The summed E-state index contributed by atoms with van der Waals surface area (Å²) in [5, 5.41) is 15.2. The molecule has 1 aromatic carbocycles. The Morgan fingerprint density at radius 2 is 2.00 bits per heavy atom. The highest BCUT2D eigenvalue weighted by molar-refractivity contribution is 6.30. The molecule has 0 spiro atoms. The first-order valence-electron chi connectivity index (χ1n) is 11.6. The molecule has 3 N–H and O–H groups in total. The number of hydrogen-bond donors (Lipinski definition) is 3. The standard InChI is InChI=1S/C24H27ClFN5O4/c25-16-5-8-21(27-12-16)29-24(35)31-13-15(14-32)10-20(31)23(34)28-19-7-6-17(11-18(19)26)30-9-3-1-2-4-22(30)33/h5-8,11-12,15,20,32H,1-4,9-10,13-14H2,(H,28,34)(H,27,29,35)/t15-,20-/m1/s1. The number of halogens is 2.